The van der Waals surface area contributed by atoms with Crippen molar-refractivity contribution in [1.29, 1.82) is 0 Å². The number of hydrogen-bond acceptors (Lipinski definition) is 10. The topological polar surface area (TPSA) is 238 Å². The zero-order valence-corrected chi connectivity index (χ0v) is 37.7. The number of alkyl halides is 9. The smallest absolute Gasteiger partial charge is 0.396 e. The van der Waals surface area contributed by atoms with Crippen LogP contribution in [0, 0.1) is 0 Å². The van der Waals surface area contributed by atoms with Crippen LogP contribution in [0.2, 0.25) is 0 Å². The highest BCUT2D eigenvalue weighted by atomic mass is 19.4. The van der Waals surface area contributed by atoms with Gasteiger partial charge in [-0.1, -0.05) is 21.3 Å². The molecule has 19 heteroatoms. The number of rotatable bonds is 7. The predicted octanol–water partition coefficient (Wildman–Crippen LogP) is 7.98. The Kier molecular flexibility index (Phi) is 43.1. The Bertz CT molecular complexity index is 779. The van der Waals surface area contributed by atoms with E-state index in [-0.39, 0.29) is 41.7 Å². The summed E-state index contributed by atoms with van der Waals surface area (Å²) in [6.45, 7) is 32.0. The molecule has 10 nitrogen and oxygen atoms in total. The van der Waals surface area contributed by atoms with E-state index >= 15 is 0 Å². The molecule has 0 unspecified atom stereocenters. The molecule has 0 heterocycles. The molecule has 0 aliphatic carbocycles. The molecule has 0 radical (unpaired) electrons. The van der Waals surface area contributed by atoms with Crippen LogP contribution in [0.4, 0.5) is 39.5 Å². The van der Waals surface area contributed by atoms with Crippen molar-refractivity contribution in [2.75, 3.05) is 20.3 Å². The highest BCUT2D eigenvalue weighted by Crippen LogP contribution is 2.26. The summed E-state index contributed by atoms with van der Waals surface area (Å²) in [4.78, 5) is 0. The van der Waals surface area contributed by atoms with E-state index in [1.807, 2.05) is 76.2 Å². The van der Waals surface area contributed by atoms with E-state index in [1.165, 1.54) is 13.8 Å². The third-order valence-corrected chi connectivity index (χ3v) is 5.00. The lowest BCUT2D eigenvalue weighted by molar-refractivity contribution is -0.175. The van der Waals surface area contributed by atoms with E-state index in [4.69, 9.17) is 44.2 Å². The summed E-state index contributed by atoms with van der Waals surface area (Å²) < 4.78 is 107. The predicted molar refractivity (Wildman–Crippen MR) is 221 cm³/mol. The van der Waals surface area contributed by atoms with Crippen molar-refractivity contribution in [2.45, 2.75) is 221 Å². The maximum Gasteiger partial charge on any atom is 0.405 e. The summed E-state index contributed by atoms with van der Waals surface area (Å²) in [5, 5.41) is 8.32. The Hall–Kier alpha value is -1.03. The standard InChI is InChI=1S/C5H10F3N.2C5H13NO.2C5H13N.C4H8F3N.C4H11N.C3H6F3N.CH4/c1-4(2,9)3-5(6,7)8;1-5(2,6)4-7-3;1-5(2,6)3-4-7;2*1-4-5(2,3)6;1-3(2,8)4(5,6)7;1-4(2,3)5;1-2(7)3(4,5)6;/h3,9H2,1-2H3;4,6H2,1-3H3;7H,3-4,6H2,1-2H3;2*4,6H2,1-3H3;8H2,1-2H3;5H2,1-3H3;2H,7H2,1H3;1H4/t;;;;;;;2-;/m.......0./s1. The first-order valence-corrected chi connectivity index (χ1v) is 17.7. The molecule has 0 saturated heterocycles. The van der Waals surface area contributed by atoms with Crippen LogP contribution >= 0.6 is 0 Å². The van der Waals surface area contributed by atoms with Crippen molar-refractivity contribution in [1.82, 2.24) is 0 Å². The highest BCUT2D eigenvalue weighted by Gasteiger charge is 2.43. The van der Waals surface area contributed by atoms with Crippen LogP contribution in [0.3, 0.4) is 0 Å². The Balaban J connectivity index is -0.0000000646. The summed E-state index contributed by atoms with van der Waals surface area (Å²) in [5.74, 6) is 0. The molecule has 0 fully saturated rings. The quantitative estimate of drug-likeness (QED) is 0.112. The third kappa shape index (κ3) is 124. The largest absolute Gasteiger partial charge is 0.405 e. The van der Waals surface area contributed by atoms with E-state index in [9.17, 15) is 39.5 Å². The molecule has 0 bridgehead atoms. The Labute approximate surface area is 336 Å². The average Bonchev–Trinajstić information content (AvgIpc) is 2.79. The fraction of sp³-hybridized carbons (Fsp3) is 1.00. The SMILES string of the molecule is C.CC(C)(C)N.CC(C)(N)C(F)(F)F.CC(C)(N)CC(F)(F)F.CC(C)(N)CCO.CCC(C)(C)N.CCC(C)(C)N.COCC(C)(C)N.C[C@H](N)C(F)(F)F. The number of methoxy groups -OCH3 is 1. The molecule has 354 valence electrons. The van der Waals surface area contributed by atoms with E-state index < -0.39 is 42.1 Å². The van der Waals surface area contributed by atoms with Gasteiger partial charge in [-0.15, -0.1) is 0 Å². The number of hydrogen-bond donors (Lipinski definition) is 9. The van der Waals surface area contributed by atoms with Crippen molar-refractivity contribution < 1.29 is 49.4 Å². The molecule has 0 rings (SSSR count). The molecule has 0 spiro atoms. The van der Waals surface area contributed by atoms with Gasteiger partial charge in [-0.2, -0.15) is 39.5 Å². The lowest BCUT2D eigenvalue weighted by Crippen LogP contribution is -2.47. The van der Waals surface area contributed by atoms with Crippen LogP contribution in [0.5, 0.6) is 0 Å². The maximum absolute atomic E-state index is 11.5. The van der Waals surface area contributed by atoms with Gasteiger partial charge in [0.15, 0.2) is 0 Å². The molecule has 0 aromatic carbocycles. The van der Waals surface area contributed by atoms with Gasteiger partial charge < -0.3 is 55.7 Å². The molecule has 0 aromatic heterocycles. The molecule has 1 atom stereocenters. The minimum atomic E-state index is -4.28. The second-order valence-corrected chi connectivity index (χ2v) is 18.3. The number of halogens is 9. The minimum absolute atomic E-state index is 0. The van der Waals surface area contributed by atoms with Crippen LogP contribution in [0.25, 0.3) is 0 Å². The zero-order chi connectivity index (χ0) is 47.5. The van der Waals surface area contributed by atoms with Gasteiger partial charge in [-0.05, 0) is 130 Å². The van der Waals surface area contributed by atoms with Gasteiger partial charge in [-0.25, -0.2) is 0 Å². The lowest BCUT2D eigenvalue weighted by atomic mass is 10.0. The molecule has 0 aromatic rings. The minimum Gasteiger partial charge on any atom is -0.396 e. The van der Waals surface area contributed by atoms with Gasteiger partial charge in [-0.3, -0.25) is 0 Å². The molecular formula is C37H91F9N8O2. The summed E-state index contributed by atoms with van der Waals surface area (Å²) in [7, 11) is 1.65. The van der Waals surface area contributed by atoms with E-state index in [0.717, 1.165) is 33.6 Å². The van der Waals surface area contributed by atoms with Crippen LogP contribution in [0.15, 0.2) is 0 Å². The van der Waals surface area contributed by atoms with Crippen LogP contribution < -0.4 is 45.9 Å². The van der Waals surface area contributed by atoms with Crippen LogP contribution in [-0.4, -0.2) is 88.8 Å². The molecule has 0 amide bonds. The first-order chi connectivity index (χ1) is 23.1. The summed E-state index contributed by atoms with van der Waals surface area (Å²) >= 11 is 0. The maximum atomic E-state index is 11.5. The highest BCUT2D eigenvalue weighted by molar-refractivity contribution is 4.80. The number of aliphatic hydroxyl groups excluding tert-OH is 1. The average molecular weight is 851 g/mol. The normalized spacial score (nSPS) is 13.0. The monoisotopic (exact) mass is 851 g/mol. The van der Waals surface area contributed by atoms with Gasteiger partial charge in [0, 0.05) is 47.0 Å². The second kappa shape index (κ2) is 31.8. The van der Waals surface area contributed by atoms with E-state index in [2.05, 4.69) is 25.3 Å². The van der Waals surface area contributed by atoms with E-state index in [1.54, 1.807) is 7.11 Å². The summed E-state index contributed by atoms with van der Waals surface area (Å²) in [5.41, 5.74) is 38.2. The van der Waals surface area contributed by atoms with Crippen molar-refractivity contribution in [3.63, 3.8) is 0 Å². The van der Waals surface area contributed by atoms with Gasteiger partial charge >= 0.3 is 18.5 Å². The summed E-state index contributed by atoms with van der Waals surface area (Å²) in [6, 6.07) is -1.70. The van der Waals surface area contributed by atoms with Gasteiger partial charge in [0.25, 0.3) is 0 Å². The zero-order valence-electron chi connectivity index (χ0n) is 37.7. The van der Waals surface area contributed by atoms with Crippen molar-refractivity contribution in [3.05, 3.63) is 0 Å². The molecule has 0 saturated carbocycles. The Morgan fingerprint density at radius 2 is 0.750 bits per heavy atom. The molecular weight excluding hydrogens is 759 g/mol. The number of ether oxygens (including phenoxy) is 1. The van der Waals surface area contributed by atoms with Crippen molar-refractivity contribution in [2.24, 2.45) is 45.9 Å². The molecule has 56 heavy (non-hydrogen) atoms. The molecule has 0 aliphatic rings. The van der Waals surface area contributed by atoms with Crippen LogP contribution in [0.1, 0.15) is 158 Å². The Morgan fingerprint density at radius 3 is 0.750 bits per heavy atom. The second-order valence-electron chi connectivity index (χ2n) is 18.3. The first-order valence-electron chi connectivity index (χ1n) is 17.7. The van der Waals surface area contributed by atoms with Gasteiger partial charge in [0.2, 0.25) is 0 Å². The van der Waals surface area contributed by atoms with E-state index in [0.29, 0.717) is 13.0 Å². The van der Waals surface area contributed by atoms with Gasteiger partial charge in [0.05, 0.1) is 19.1 Å². The molecule has 0 aliphatic heterocycles. The Morgan fingerprint density at radius 1 is 0.536 bits per heavy atom. The molecule has 17 N–H and O–H groups in total. The summed E-state index contributed by atoms with van der Waals surface area (Å²) in [6.07, 6.45) is -10.8. The number of nitrogens with two attached hydrogens (primary N) is 8. The van der Waals surface area contributed by atoms with Crippen molar-refractivity contribution in [3.8, 4) is 0 Å². The van der Waals surface area contributed by atoms with Crippen LogP contribution in [-0.2, 0) is 4.74 Å². The van der Waals surface area contributed by atoms with Crippen molar-refractivity contribution >= 4 is 0 Å². The third-order valence-electron chi connectivity index (χ3n) is 5.00. The van der Waals surface area contributed by atoms with Gasteiger partial charge in [0.1, 0.15) is 5.54 Å². The fourth-order valence-corrected chi connectivity index (χ4v) is 1.18. The fourth-order valence-electron chi connectivity index (χ4n) is 1.18. The number of aliphatic hydroxyl groups is 1. The lowest BCUT2D eigenvalue weighted by Gasteiger charge is -2.21. The first kappa shape index (κ1) is 75.8.